The standard InChI is InChI=1S/C16H22N2O2/c1-3-13(2)18(10-14-6-8-17-9-7-14)11-15-4-5-16(12-19)20-15/h4-9,13,19H,3,10-12H2,1-2H3. The zero-order chi connectivity index (χ0) is 14.4. The highest BCUT2D eigenvalue weighted by atomic mass is 16.4. The number of hydrogen-bond acceptors (Lipinski definition) is 4. The molecule has 4 nitrogen and oxygen atoms in total. The molecule has 1 unspecified atom stereocenters. The smallest absolute Gasteiger partial charge is 0.129 e. The topological polar surface area (TPSA) is 49.5 Å². The molecule has 108 valence electrons. The van der Waals surface area contributed by atoms with Crippen molar-refractivity contribution < 1.29 is 9.52 Å². The van der Waals surface area contributed by atoms with Crippen LogP contribution in [0, 0.1) is 0 Å². The first-order valence-corrected chi connectivity index (χ1v) is 7.04. The Labute approximate surface area is 120 Å². The van der Waals surface area contributed by atoms with Crippen LogP contribution < -0.4 is 0 Å². The molecule has 0 saturated heterocycles. The molecule has 4 heteroatoms. The molecule has 0 aliphatic heterocycles. The highest BCUT2D eigenvalue weighted by Crippen LogP contribution is 2.16. The van der Waals surface area contributed by atoms with Crippen LogP contribution in [0.25, 0.3) is 0 Å². The summed E-state index contributed by atoms with van der Waals surface area (Å²) in [7, 11) is 0. The Morgan fingerprint density at radius 2 is 1.85 bits per heavy atom. The van der Waals surface area contributed by atoms with Gasteiger partial charge in [0.1, 0.15) is 18.1 Å². The third-order valence-electron chi connectivity index (χ3n) is 3.58. The molecule has 0 aromatic carbocycles. The zero-order valence-electron chi connectivity index (χ0n) is 12.1. The van der Waals surface area contributed by atoms with Gasteiger partial charge in [-0.2, -0.15) is 0 Å². The molecule has 2 aromatic heterocycles. The largest absolute Gasteiger partial charge is 0.462 e. The molecule has 1 atom stereocenters. The Morgan fingerprint density at radius 3 is 2.45 bits per heavy atom. The van der Waals surface area contributed by atoms with Crippen molar-refractivity contribution in [1.82, 2.24) is 9.88 Å². The highest BCUT2D eigenvalue weighted by molar-refractivity contribution is 5.11. The molecule has 0 amide bonds. The molecule has 20 heavy (non-hydrogen) atoms. The summed E-state index contributed by atoms with van der Waals surface area (Å²) in [6.45, 7) is 5.97. The van der Waals surface area contributed by atoms with Crippen molar-refractivity contribution in [3.8, 4) is 0 Å². The van der Waals surface area contributed by atoms with E-state index in [9.17, 15) is 0 Å². The van der Waals surface area contributed by atoms with E-state index in [0.717, 1.165) is 25.3 Å². The summed E-state index contributed by atoms with van der Waals surface area (Å²) < 4.78 is 5.59. The number of aliphatic hydroxyl groups is 1. The van der Waals surface area contributed by atoms with Crippen LogP contribution in [0.3, 0.4) is 0 Å². The van der Waals surface area contributed by atoms with Gasteiger partial charge in [-0.3, -0.25) is 9.88 Å². The lowest BCUT2D eigenvalue weighted by atomic mass is 10.1. The average Bonchev–Trinajstić information content (AvgIpc) is 2.94. The first-order chi connectivity index (χ1) is 9.72. The number of hydrogen-bond donors (Lipinski definition) is 1. The van der Waals surface area contributed by atoms with Gasteiger partial charge in [0.15, 0.2) is 0 Å². The maximum Gasteiger partial charge on any atom is 0.129 e. The van der Waals surface area contributed by atoms with Gasteiger partial charge in [0.25, 0.3) is 0 Å². The number of aromatic nitrogens is 1. The third kappa shape index (κ3) is 3.92. The van der Waals surface area contributed by atoms with E-state index < -0.39 is 0 Å². The Hall–Kier alpha value is -1.65. The summed E-state index contributed by atoms with van der Waals surface area (Å²) >= 11 is 0. The van der Waals surface area contributed by atoms with Crippen molar-refractivity contribution in [3.63, 3.8) is 0 Å². The Morgan fingerprint density at radius 1 is 1.15 bits per heavy atom. The molecule has 0 saturated carbocycles. The van der Waals surface area contributed by atoms with Crippen LogP contribution in [0.2, 0.25) is 0 Å². The van der Waals surface area contributed by atoms with E-state index in [1.807, 2.05) is 36.7 Å². The number of nitrogens with zero attached hydrogens (tertiary/aromatic N) is 2. The van der Waals surface area contributed by atoms with Gasteiger partial charge in [-0.25, -0.2) is 0 Å². The van der Waals surface area contributed by atoms with Crippen molar-refractivity contribution in [1.29, 1.82) is 0 Å². The van der Waals surface area contributed by atoms with E-state index in [4.69, 9.17) is 9.52 Å². The normalized spacial score (nSPS) is 12.8. The molecule has 0 fully saturated rings. The predicted molar refractivity (Wildman–Crippen MR) is 77.9 cm³/mol. The molecule has 2 aromatic rings. The maximum absolute atomic E-state index is 9.06. The van der Waals surface area contributed by atoms with Crippen LogP contribution in [-0.4, -0.2) is 21.0 Å². The fourth-order valence-corrected chi connectivity index (χ4v) is 2.14. The SMILES string of the molecule is CCC(C)N(Cc1ccncc1)Cc1ccc(CO)o1. The van der Waals surface area contributed by atoms with Crippen LogP contribution in [0.5, 0.6) is 0 Å². The lowest BCUT2D eigenvalue weighted by Crippen LogP contribution is -2.31. The lowest BCUT2D eigenvalue weighted by molar-refractivity contribution is 0.166. The number of rotatable bonds is 7. The molecule has 1 N–H and O–H groups in total. The summed E-state index contributed by atoms with van der Waals surface area (Å²) in [5.41, 5.74) is 1.24. The lowest BCUT2D eigenvalue weighted by Gasteiger charge is -2.27. The Bertz CT molecular complexity index is 510. The molecule has 2 heterocycles. The van der Waals surface area contributed by atoms with Gasteiger partial charge in [-0.05, 0) is 43.2 Å². The fourth-order valence-electron chi connectivity index (χ4n) is 2.14. The van der Waals surface area contributed by atoms with Crippen LogP contribution >= 0.6 is 0 Å². The second-order valence-electron chi connectivity index (χ2n) is 5.04. The van der Waals surface area contributed by atoms with Crippen LogP contribution in [0.15, 0.2) is 41.1 Å². The van der Waals surface area contributed by atoms with Gasteiger partial charge in [0.05, 0.1) is 6.54 Å². The Balaban J connectivity index is 2.07. The van der Waals surface area contributed by atoms with E-state index in [1.165, 1.54) is 5.56 Å². The van der Waals surface area contributed by atoms with Crippen LogP contribution in [-0.2, 0) is 19.7 Å². The minimum atomic E-state index is -0.0479. The predicted octanol–water partition coefficient (Wildman–Crippen LogP) is 2.97. The first kappa shape index (κ1) is 14.8. The van der Waals surface area contributed by atoms with E-state index in [1.54, 1.807) is 0 Å². The molecule has 0 spiro atoms. The fraction of sp³-hybridized carbons (Fsp3) is 0.438. The van der Waals surface area contributed by atoms with Crippen LogP contribution in [0.4, 0.5) is 0 Å². The van der Waals surface area contributed by atoms with Crippen molar-refractivity contribution in [2.45, 2.75) is 46.0 Å². The molecule has 0 aliphatic rings. The monoisotopic (exact) mass is 274 g/mol. The van der Waals surface area contributed by atoms with Gasteiger partial charge in [0, 0.05) is 25.0 Å². The van der Waals surface area contributed by atoms with Gasteiger partial charge in [-0.1, -0.05) is 6.92 Å². The molecular weight excluding hydrogens is 252 g/mol. The van der Waals surface area contributed by atoms with Gasteiger partial charge < -0.3 is 9.52 Å². The first-order valence-electron chi connectivity index (χ1n) is 7.04. The van der Waals surface area contributed by atoms with Crippen LogP contribution in [0.1, 0.15) is 37.4 Å². The van der Waals surface area contributed by atoms with Crippen molar-refractivity contribution in [3.05, 3.63) is 53.7 Å². The molecular formula is C16H22N2O2. The summed E-state index contributed by atoms with van der Waals surface area (Å²) in [4.78, 5) is 6.42. The Kier molecular flexibility index (Phi) is 5.32. The summed E-state index contributed by atoms with van der Waals surface area (Å²) in [5, 5.41) is 9.06. The minimum absolute atomic E-state index is 0.0479. The maximum atomic E-state index is 9.06. The highest BCUT2D eigenvalue weighted by Gasteiger charge is 2.15. The van der Waals surface area contributed by atoms with E-state index >= 15 is 0 Å². The quantitative estimate of drug-likeness (QED) is 0.843. The van der Waals surface area contributed by atoms with Crippen molar-refractivity contribution in [2.24, 2.45) is 0 Å². The number of furan rings is 1. The summed E-state index contributed by atoms with van der Waals surface area (Å²) in [6.07, 6.45) is 4.72. The van der Waals surface area contributed by atoms with E-state index in [-0.39, 0.29) is 6.61 Å². The second-order valence-corrected chi connectivity index (χ2v) is 5.04. The molecule has 0 aliphatic carbocycles. The summed E-state index contributed by atoms with van der Waals surface area (Å²) in [6, 6.07) is 8.31. The molecule has 0 bridgehead atoms. The third-order valence-corrected chi connectivity index (χ3v) is 3.58. The summed E-state index contributed by atoms with van der Waals surface area (Å²) in [5.74, 6) is 1.51. The second kappa shape index (κ2) is 7.22. The van der Waals surface area contributed by atoms with E-state index in [0.29, 0.717) is 11.8 Å². The van der Waals surface area contributed by atoms with Crippen molar-refractivity contribution >= 4 is 0 Å². The minimum Gasteiger partial charge on any atom is -0.462 e. The average molecular weight is 274 g/mol. The van der Waals surface area contributed by atoms with Gasteiger partial charge in [0.2, 0.25) is 0 Å². The zero-order valence-corrected chi connectivity index (χ0v) is 12.1. The van der Waals surface area contributed by atoms with Gasteiger partial charge in [-0.15, -0.1) is 0 Å². The number of pyridine rings is 1. The van der Waals surface area contributed by atoms with Crippen molar-refractivity contribution in [2.75, 3.05) is 0 Å². The number of aliphatic hydroxyl groups excluding tert-OH is 1. The van der Waals surface area contributed by atoms with E-state index in [2.05, 4.69) is 23.7 Å². The molecule has 2 rings (SSSR count). The molecule has 0 radical (unpaired) electrons. The van der Waals surface area contributed by atoms with Gasteiger partial charge >= 0.3 is 0 Å².